The second kappa shape index (κ2) is 13.7. The molecule has 1 aliphatic rings. The number of benzene rings is 2. The van der Waals surface area contributed by atoms with Gasteiger partial charge in [-0.25, -0.2) is 10.4 Å². The van der Waals surface area contributed by atoms with Crippen molar-refractivity contribution in [2.45, 2.75) is 64.1 Å². The zero-order valence-corrected chi connectivity index (χ0v) is 23.0. The summed E-state index contributed by atoms with van der Waals surface area (Å²) in [6.07, 6.45) is -4.38. The molecule has 0 spiro atoms. The van der Waals surface area contributed by atoms with E-state index in [4.69, 9.17) is 19.3 Å². The fraction of sp³-hybridized carbons (Fsp3) is 0.464. The Balaban J connectivity index is 1.69. The Morgan fingerprint density at radius 3 is 2.32 bits per heavy atom. The molecule has 2 aromatic carbocycles. The van der Waals surface area contributed by atoms with E-state index >= 15 is 0 Å². The molecular weight excluding hydrogens is 547 g/mol. The Hall–Kier alpha value is -3.84. The number of alkyl halides is 3. The van der Waals surface area contributed by atoms with Crippen molar-refractivity contribution < 1.29 is 46.8 Å². The Kier molecular flexibility index (Phi) is 10.6. The smallest absolute Gasteiger partial charge is 0.494 e. The first-order chi connectivity index (χ1) is 19.3. The van der Waals surface area contributed by atoms with Gasteiger partial charge in [-0.15, -0.1) is 13.2 Å². The fourth-order valence-corrected chi connectivity index (χ4v) is 3.75. The molecule has 0 radical (unpaired) electrons. The highest BCUT2D eigenvalue weighted by Crippen LogP contribution is 2.29. The molecule has 3 rings (SSSR count). The zero-order chi connectivity index (χ0) is 30.1. The predicted octanol–water partition coefficient (Wildman–Crippen LogP) is 3.80. The van der Waals surface area contributed by atoms with Crippen LogP contribution in [0.3, 0.4) is 0 Å². The van der Waals surface area contributed by atoms with Crippen LogP contribution >= 0.6 is 0 Å². The molecule has 224 valence electrons. The Labute approximate surface area is 235 Å². The number of hydrogen-bond donors (Lipinski definition) is 3. The minimum Gasteiger partial charge on any atom is -0.494 e. The van der Waals surface area contributed by atoms with Gasteiger partial charge in [-0.3, -0.25) is 15.0 Å². The molecule has 0 bridgehead atoms. The second-order valence-electron chi connectivity index (χ2n) is 10.3. The van der Waals surface area contributed by atoms with E-state index in [1.807, 2.05) is 0 Å². The van der Waals surface area contributed by atoms with Crippen molar-refractivity contribution in [3.05, 3.63) is 59.7 Å². The molecule has 2 aromatic rings. The molecule has 10 nitrogen and oxygen atoms in total. The second-order valence-corrected chi connectivity index (χ2v) is 10.3. The van der Waals surface area contributed by atoms with Crippen molar-refractivity contribution in [2.75, 3.05) is 19.8 Å². The van der Waals surface area contributed by atoms with Crippen LogP contribution in [0.5, 0.6) is 11.5 Å². The number of ether oxygens (including phenoxy) is 4. The molecule has 41 heavy (non-hydrogen) atoms. The number of aliphatic imine (C=N–C) groups is 1. The van der Waals surface area contributed by atoms with Crippen molar-refractivity contribution in [3.8, 4) is 11.5 Å². The number of hydrazine groups is 1. The van der Waals surface area contributed by atoms with E-state index in [1.165, 1.54) is 24.3 Å². The summed E-state index contributed by atoms with van der Waals surface area (Å²) in [6.45, 7) is 5.57. The monoisotopic (exact) mass is 581 g/mol. The lowest BCUT2D eigenvalue weighted by molar-refractivity contribution is -0.274. The summed E-state index contributed by atoms with van der Waals surface area (Å²) in [6, 6.07) is 12.0. The van der Waals surface area contributed by atoms with Gasteiger partial charge in [-0.05, 0) is 69.2 Å². The molecular formula is C28H34F3N3O7. The lowest BCUT2D eigenvalue weighted by Crippen LogP contribution is -2.51. The average Bonchev–Trinajstić information content (AvgIpc) is 3.33. The van der Waals surface area contributed by atoms with Crippen molar-refractivity contribution in [2.24, 2.45) is 4.99 Å². The normalized spacial score (nSPS) is 16.9. The SMILES string of the molecule is CC(C)(C)OC(=O)CC[C@@]1(C(=O)NNCc2ccc(OC(F)(F)F)cc2)COC(c2ccc(OCCCO)cc2)=N1. The number of rotatable bonds is 13. The molecule has 0 unspecified atom stereocenters. The highest BCUT2D eigenvalue weighted by Gasteiger charge is 2.45. The maximum atomic E-state index is 13.3. The summed E-state index contributed by atoms with van der Waals surface area (Å²) in [5, 5.41) is 8.90. The minimum atomic E-state index is -4.79. The maximum absolute atomic E-state index is 13.3. The standard InChI is InChI=1S/C28H34F3N3O7/c1-26(2,3)41-23(36)13-14-27(18-39-24(33-27)20-7-11-21(12-8-20)38-16-4-15-35)25(37)34-32-17-19-5-9-22(10-6-19)40-28(29,30)31/h5-12,32,35H,4,13-18H2,1-3H3,(H,34,37)/t27-/m0/s1. The number of nitrogens with zero attached hydrogens (tertiary/aromatic N) is 1. The van der Waals surface area contributed by atoms with Gasteiger partial charge in [-0.1, -0.05) is 12.1 Å². The van der Waals surface area contributed by atoms with E-state index in [0.29, 0.717) is 29.9 Å². The van der Waals surface area contributed by atoms with Gasteiger partial charge in [0.15, 0.2) is 5.54 Å². The summed E-state index contributed by atoms with van der Waals surface area (Å²) in [5.41, 5.74) is 4.35. The molecule has 0 aromatic heterocycles. The third kappa shape index (κ3) is 10.3. The van der Waals surface area contributed by atoms with Gasteiger partial charge in [-0.2, -0.15) is 0 Å². The molecule has 1 amide bonds. The first-order valence-corrected chi connectivity index (χ1v) is 13.0. The molecule has 0 saturated heterocycles. The van der Waals surface area contributed by atoms with Crippen molar-refractivity contribution in [1.82, 2.24) is 10.9 Å². The van der Waals surface area contributed by atoms with Gasteiger partial charge < -0.3 is 24.1 Å². The molecule has 0 fully saturated rings. The van der Waals surface area contributed by atoms with Crippen LogP contribution in [0.15, 0.2) is 53.5 Å². The van der Waals surface area contributed by atoms with Crippen LogP contribution in [0.25, 0.3) is 0 Å². The molecule has 1 heterocycles. The number of nitrogens with one attached hydrogen (secondary N) is 2. The minimum absolute atomic E-state index is 0.00472. The number of carbonyl (C=O) groups excluding carboxylic acids is 2. The van der Waals surface area contributed by atoms with Gasteiger partial charge in [0.05, 0.1) is 6.61 Å². The highest BCUT2D eigenvalue weighted by atomic mass is 19.4. The summed E-state index contributed by atoms with van der Waals surface area (Å²) in [4.78, 5) is 30.3. The summed E-state index contributed by atoms with van der Waals surface area (Å²) >= 11 is 0. The first-order valence-electron chi connectivity index (χ1n) is 13.0. The molecule has 0 aliphatic carbocycles. The van der Waals surface area contributed by atoms with Crippen LogP contribution in [0.2, 0.25) is 0 Å². The van der Waals surface area contributed by atoms with E-state index in [1.54, 1.807) is 45.0 Å². The number of amides is 1. The maximum Gasteiger partial charge on any atom is 0.573 e. The van der Waals surface area contributed by atoms with Gasteiger partial charge in [0.2, 0.25) is 5.90 Å². The Morgan fingerprint density at radius 1 is 1.05 bits per heavy atom. The highest BCUT2D eigenvalue weighted by molar-refractivity contribution is 6.00. The number of halogens is 3. The number of carbonyl (C=O) groups is 2. The third-order valence-corrected chi connectivity index (χ3v) is 5.67. The van der Waals surface area contributed by atoms with Gasteiger partial charge in [0, 0.05) is 31.6 Å². The van der Waals surface area contributed by atoms with Crippen molar-refractivity contribution in [3.63, 3.8) is 0 Å². The summed E-state index contributed by atoms with van der Waals surface area (Å²) < 4.78 is 57.7. The lowest BCUT2D eigenvalue weighted by atomic mass is 9.94. The number of aliphatic hydroxyl groups is 1. The zero-order valence-electron chi connectivity index (χ0n) is 23.0. The molecule has 3 N–H and O–H groups in total. The summed E-state index contributed by atoms with van der Waals surface area (Å²) in [5.74, 6) is -0.603. The van der Waals surface area contributed by atoms with E-state index in [0.717, 1.165) is 0 Å². The average molecular weight is 582 g/mol. The van der Waals surface area contributed by atoms with Crippen LogP contribution in [-0.2, 0) is 25.6 Å². The van der Waals surface area contributed by atoms with E-state index in [-0.39, 0.29) is 44.2 Å². The number of esters is 1. The molecule has 13 heteroatoms. The van der Waals surface area contributed by atoms with Crippen LogP contribution in [0, 0.1) is 0 Å². The lowest BCUT2D eigenvalue weighted by Gasteiger charge is -2.24. The van der Waals surface area contributed by atoms with Gasteiger partial charge >= 0.3 is 12.3 Å². The van der Waals surface area contributed by atoms with Gasteiger partial charge in [0.1, 0.15) is 23.7 Å². The van der Waals surface area contributed by atoms with Crippen LogP contribution in [-0.4, -0.2) is 60.2 Å². The molecule has 1 atom stereocenters. The van der Waals surface area contributed by atoms with Gasteiger partial charge in [0.25, 0.3) is 5.91 Å². The number of hydrogen-bond acceptors (Lipinski definition) is 9. The van der Waals surface area contributed by atoms with E-state index in [2.05, 4.69) is 20.6 Å². The predicted molar refractivity (Wildman–Crippen MR) is 142 cm³/mol. The first kappa shape index (κ1) is 31.7. The molecule has 0 saturated carbocycles. The summed E-state index contributed by atoms with van der Waals surface area (Å²) in [7, 11) is 0. The Morgan fingerprint density at radius 2 is 1.71 bits per heavy atom. The fourth-order valence-electron chi connectivity index (χ4n) is 3.75. The Bertz CT molecular complexity index is 1200. The van der Waals surface area contributed by atoms with E-state index in [9.17, 15) is 22.8 Å². The van der Waals surface area contributed by atoms with Crippen molar-refractivity contribution in [1.29, 1.82) is 0 Å². The quantitative estimate of drug-likeness (QED) is 0.185. The largest absolute Gasteiger partial charge is 0.573 e. The number of aliphatic hydroxyl groups excluding tert-OH is 1. The van der Waals surface area contributed by atoms with Crippen molar-refractivity contribution >= 4 is 17.8 Å². The topological polar surface area (TPSA) is 128 Å². The molecule has 1 aliphatic heterocycles. The van der Waals surface area contributed by atoms with Crippen LogP contribution in [0.4, 0.5) is 13.2 Å². The van der Waals surface area contributed by atoms with Crippen LogP contribution < -0.4 is 20.3 Å². The third-order valence-electron chi connectivity index (χ3n) is 5.67. The van der Waals surface area contributed by atoms with E-state index < -0.39 is 29.4 Å². The van der Waals surface area contributed by atoms with Crippen LogP contribution in [0.1, 0.15) is 51.2 Å².